The van der Waals surface area contributed by atoms with Crippen LogP contribution in [0.1, 0.15) is 24.3 Å². The van der Waals surface area contributed by atoms with Crippen molar-refractivity contribution in [1.29, 1.82) is 0 Å². The van der Waals surface area contributed by atoms with Gasteiger partial charge in [0.25, 0.3) is 0 Å². The van der Waals surface area contributed by atoms with Crippen LogP contribution in [0, 0.1) is 0 Å². The molecule has 0 amide bonds. The zero-order valence-electron chi connectivity index (χ0n) is 14.2. The van der Waals surface area contributed by atoms with Crippen molar-refractivity contribution in [2.75, 3.05) is 39.5 Å². The Labute approximate surface area is 162 Å². The minimum absolute atomic E-state index is 0. The summed E-state index contributed by atoms with van der Waals surface area (Å²) >= 11 is 0. The van der Waals surface area contributed by atoms with Gasteiger partial charge in [-0.25, -0.2) is 13.1 Å². The van der Waals surface area contributed by atoms with Crippen molar-refractivity contribution < 1.29 is 8.42 Å². The first-order valence-corrected chi connectivity index (χ1v) is 9.84. The number of benzene rings is 1. The van der Waals surface area contributed by atoms with Crippen molar-refractivity contribution in [2.24, 2.45) is 4.99 Å². The Morgan fingerprint density at radius 3 is 2.62 bits per heavy atom. The van der Waals surface area contributed by atoms with Crippen LogP contribution in [0.5, 0.6) is 0 Å². The van der Waals surface area contributed by atoms with Crippen LogP contribution in [0.4, 0.5) is 0 Å². The average Bonchev–Trinajstić information content (AvgIpc) is 3.00. The molecule has 0 radical (unpaired) electrons. The molecule has 1 aromatic rings. The molecule has 0 aromatic heterocycles. The van der Waals surface area contributed by atoms with Crippen LogP contribution in [-0.2, 0) is 10.0 Å². The van der Waals surface area contributed by atoms with E-state index in [0.29, 0.717) is 19.0 Å². The fourth-order valence-electron chi connectivity index (χ4n) is 2.83. The summed E-state index contributed by atoms with van der Waals surface area (Å²) in [5.41, 5.74) is 1.38. The second-order valence-corrected chi connectivity index (χ2v) is 7.67. The molecular weight excluding hydrogens is 439 g/mol. The van der Waals surface area contributed by atoms with E-state index < -0.39 is 10.0 Å². The number of halogens is 1. The Morgan fingerprint density at radius 2 is 2.00 bits per heavy atom. The van der Waals surface area contributed by atoms with E-state index in [1.54, 1.807) is 7.05 Å². The van der Waals surface area contributed by atoms with E-state index in [1.807, 2.05) is 6.07 Å². The molecule has 1 fully saturated rings. The smallest absolute Gasteiger partial charge is 0.208 e. The Balaban J connectivity index is 0.00000288. The topological polar surface area (TPSA) is 73.8 Å². The molecule has 0 aliphatic carbocycles. The van der Waals surface area contributed by atoms with Crippen LogP contribution in [0.3, 0.4) is 0 Å². The lowest BCUT2D eigenvalue weighted by molar-refractivity contribution is 0.484. The maximum Gasteiger partial charge on any atom is 0.208 e. The SMILES string of the molecule is CN=C(NCCCNS(C)(=O)=O)N1CCC(c2ccccc2)C1.I. The van der Waals surface area contributed by atoms with Crippen molar-refractivity contribution >= 4 is 40.0 Å². The molecule has 0 spiro atoms. The predicted octanol–water partition coefficient (Wildman–Crippen LogP) is 1.61. The van der Waals surface area contributed by atoms with Crippen molar-refractivity contribution in [3.8, 4) is 0 Å². The summed E-state index contributed by atoms with van der Waals surface area (Å²) in [4.78, 5) is 6.60. The molecule has 2 rings (SSSR count). The molecule has 6 nitrogen and oxygen atoms in total. The fourth-order valence-corrected chi connectivity index (χ4v) is 3.34. The van der Waals surface area contributed by atoms with E-state index in [1.165, 1.54) is 11.8 Å². The molecular formula is C16H27IN4O2S. The van der Waals surface area contributed by atoms with Crippen molar-refractivity contribution in [1.82, 2.24) is 14.9 Å². The van der Waals surface area contributed by atoms with Gasteiger partial charge in [-0.15, -0.1) is 24.0 Å². The Kier molecular flexibility index (Phi) is 8.99. The predicted molar refractivity (Wildman–Crippen MR) is 110 cm³/mol. The van der Waals surface area contributed by atoms with Crippen LogP contribution in [0.15, 0.2) is 35.3 Å². The van der Waals surface area contributed by atoms with Gasteiger partial charge in [0, 0.05) is 39.1 Å². The number of rotatable bonds is 6. The third kappa shape index (κ3) is 6.94. The van der Waals surface area contributed by atoms with E-state index in [0.717, 1.165) is 31.9 Å². The van der Waals surface area contributed by atoms with Crippen LogP contribution in [0.2, 0.25) is 0 Å². The second-order valence-electron chi connectivity index (χ2n) is 5.84. The van der Waals surface area contributed by atoms with Gasteiger partial charge in [0.1, 0.15) is 0 Å². The molecule has 1 unspecified atom stereocenters. The van der Waals surface area contributed by atoms with Gasteiger partial charge in [-0.05, 0) is 18.4 Å². The van der Waals surface area contributed by atoms with Gasteiger partial charge in [0.05, 0.1) is 6.26 Å². The summed E-state index contributed by atoms with van der Waals surface area (Å²) in [7, 11) is -1.32. The first-order chi connectivity index (χ1) is 11.0. The molecule has 136 valence electrons. The van der Waals surface area contributed by atoms with Gasteiger partial charge in [0.15, 0.2) is 5.96 Å². The normalized spacial score (nSPS) is 18.3. The van der Waals surface area contributed by atoms with Crippen LogP contribution < -0.4 is 10.0 Å². The van der Waals surface area contributed by atoms with Crippen LogP contribution in [-0.4, -0.2) is 58.8 Å². The number of nitrogens with zero attached hydrogens (tertiary/aromatic N) is 2. The second kappa shape index (κ2) is 10.2. The zero-order chi connectivity index (χ0) is 16.7. The zero-order valence-corrected chi connectivity index (χ0v) is 17.4. The van der Waals surface area contributed by atoms with E-state index in [2.05, 4.69) is 44.2 Å². The van der Waals surface area contributed by atoms with E-state index in [-0.39, 0.29) is 24.0 Å². The maximum absolute atomic E-state index is 11.0. The highest BCUT2D eigenvalue weighted by Crippen LogP contribution is 2.26. The lowest BCUT2D eigenvalue weighted by atomic mass is 9.99. The first kappa shape index (κ1) is 21.2. The number of nitrogens with one attached hydrogen (secondary N) is 2. The number of hydrogen-bond donors (Lipinski definition) is 2. The molecule has 0 saturated carbocycles. The van der Waals surface area contributed by atoms with Gasteiger partial charge in [-0.1, -0.05) is 30.3 Å². The molecule has 1 aromatic carbocycles. The minimum atomic E-state index is -3.10. The van der Waals surface area contributed by atoms with Crippen molar-refractivity contribution in [2.45, 2.75) is 18.8 Å². The largest absolute Gasteiger partial charge is 0.356 e. The highest BCUT2D eigenvalue weighted by Gasteiger charge is 2.25. The van der Waals surface area contributed by atoms with Gasteiger partial charge in [-0.2, -0.15) is 0 Å². The molecule has 8 heteroatoms. The number of sulfonamides is 1. The standard InChI is InChI=1S/C16H26N4O2S.HI/c1-17-16(18-10-6-11-19-23(2,21)22)20-12-9-15(13-20)14-7-4-3-5-8-14;/h3-5,7-8,15,19H,6,9-13H2,1-2H3,(H,17,18);1H. The van der Waals surface area contributed by atoms with Crippen molar-refractivity contribution in [3.05, 3.63) is 35.9 Å². The van der Waals surface area contributed by atoms with Gasteiger partial charge in [-0.3, -0.25) is 4.99 Å². The summed E-state index contributed by atoms with van der Waals surface area (Å²) in [6.45, 7) is 3.09. The molecule has 1 aliphatic heterocycles. The molecule has 24 heavy (non-hydrogen) atoms. The lowest BCUT2D eigenvalue weighted by Crippen LogP contribution is -2.41. The van der Waals surface area contributed by atoms with Crippen LogP contribution in [0.25, 0.3) is 0 Å². The quantitative estimate of drug-likeness (QED) is 0.289. The Bertz CT molecular complexity index is 622. The summed E-state index contributed by atoms with van der Waals surface area (Å²) in [6, 6.07) is 10.6. The summed E-state index contributed by atoms with van der Waals surface area (Å²) < 4.78 is 24.5. The number of guanidine groups is 1. The first-order valence-electron chi connectivity index (χ1n) is 7.95. The van der Waals surface area contributed by atoms with E-state index in [4.69, 9.17) is 0 Å². The molecule has 1 atom stereocenters. The Morgan fingerprint density at radius 1 is 1.29 bits per heavy atom. The van der Waals surface area contributed by atoms with E-state index in [9.17, 15) is 8.42 Å². The molecule has 1 heterocycles. The highest BCUT2D eigenvalue weighted by molar-refractivity contribution is 14.0. The third-order valence-corrected chi connectivity index (χ3v) is 4.70. The number of likely N-dealkylation sites (tertiary alicyclic amines) is 1. The summed E-state index contributed by atoms with van der Waals surface area (Å²) in [5.74, 6) is 1.43. The maximum atomic E-state index is 11.0. The number of hydrogen-bond acceptors (Lipinski definition) is 3. The lowest BCUT2D eigenvalue weighted by Gasteiger charge is -2.21. The minimum Gasteiger partial charge on any atom is -0.356 e. The summed E-state index contributed by atoms with van der Waals surface area (Å²) in [6.07, 6.45) is 3.02. The monoisotopic (exact) mass is 466 g/mol. The van der Waals surface area contributed by atoms with Crippen molar-refractivity contribution in [3.63, 3.8) is 0 Å². The molecule has 0 bridgehead atoms. The Hall–Kier alpha value is -0.870. The average molecular weight is 466 g/mol. The molecule has 2 N–H and O–H groups in total. The summed E-state index contributed by atoms with van der Waals surface area (Å²) in [5, 5.41) is 3.31. The molecule has 1 saturated heterocycles. The van der Waals surface area contributed by atoms with Gasteiger partial charge in [0.2, 0.25) is 10.0 Å². The van der Waals surface area contributed by atoms with E-state index >= 15 is 0 Å². The number of aliphatic imine (C=N–C) groups is 1. The van der Waals surface area contributed by atoms with Gasteiger partial charge < -0.3 is 10.2 Å². The third-order valence-electron chi connectivity index (χ3n) is 3.97. The molecule has 1 aliphatic rings. The highest BCUT2D eigenvalue weighted by atomic mass is 127. The fraction of sp³-hybridized carbons (Fsp3) is 0.562. The van der Waals surface area contributed by atoms with Gasteiger partial charge >= 0.3 is 0 Å². The van der Waals surface area contributed by atoms with Crippen LogP contribution >= 0.6 is 24.0 Å².